The zero-order chi connectivity index (χ0) is 14.2. The third-order valence-electron chi connectivity index (χ3n) is 3.28. The molecule has 0 unspecified atom stereocenters. The summed E-state index contributed by atoms with van der Waals surface area (Å²) in [5.41, 5.74) is 2.13. The second kappa shape index (κ2) is 7.63. The fourth-order valence-electron chi connectivity index (χ4n) is 2.06. The number of nitrogens with one attached hydrogen (secondary N) is 1. The Morgan fingerprint density at radius 2 is 1.60 bits per heavy atom. The van der Waals surface area contributed by atoms with Crippen molar-refractivity contribution in [3.05, 3.63) is 77.9 Å². The van der Waals surface area contributed by atoms with Crippen molar-refractivity contribution in [2.75, 3.05) is 6.54 Å². The maximum atomic E-state index is 10.2. The minimum absolute atomic E-state index is 0.0119. The van der Waals surface area contributed by atoms with Crippen molar-refractivity contribution >= 4 is 6.08 Å². The molecule has 0 saturated heterocycles. The summed E-state index contributed by atoms with van der Waals surface area (Å²) in [6, 6.07) is 19.9. The van der Waals surface area contributed by atoms with Crippen LogP contribution in [-0.4, -0.2) is 17.7 Å². The summed E-state index contributed by atoms with van der Waals surface area (Å²) in [7, 11) is 0. The van der Waals surface area contributed by atoms with Crippen LogP contribution in [0.4, 0.5) is 0 Å². The lowest BCUT2D eigenvalue weighted by atomic mass is 10.0. The third kappa shape index (κ3) is 4.34. The first-order valence-electron chi connectivity index (χ1n) is 6.95. The summed E-state index contributed by atoms with van der Waals surface area (Å²) in [5, 5.41) is 13.5. The van der Waals surface area contributed by atoms with Crippen LogP contribution in [0.5, 0.6) is 0 Å². The molecule has 20 heavy (non-hydrogen) atoms. The van der Waals surface area contributed by atoms with Gasteiger partial charge in [-0.3, -0.25) is 0 Å². The maximum Gasteiger partial charge on any atom is 0.0940 e. The van der Waals surface area contributed by atoms with Crippen molar-refractivity contribution in [2.45, 2.75) is 19.1 Å². The van der Waals surface area contributed by atoms with E-state index in [9.17, 15) is 5.11 Å². The van der Waals surface area contributed by atoms with Gasteiger partial charge in [0.25, 0.3) is 0 Å². The van der Waals surface area contributed by atoms with E-state index in [-0.39, 0.29) is 6.04 Å². The smallest absolute Gasteiger partial charge is 0.0940 e. The van der Waals surface area contributed by atoms with Gasteiger partial charge in [0.15, 0.2) is 0 Å². The molecule has 0 radical (unpaired) electrons. The molecule has 0 heterocycles. The van der Waals surface area contributed by atoms with E-state index < -0.39 is 6.10 Å². The standard InChI is InChI=1S/C18H21NO/c1-15(18(20)17-12-6-3-7-13-17)19-14-8-11-16-9-4-2-5-10-16/h2-13,15,18-20H,14H2,1H3/b11-8+/t15-,18-/m1/s1. The number of rotatable bonds is 6. The number of hydrogen-bond acceptors (Lipinski definition) is 2. The van der Waals surface area contributed by atoms with Crippen LogP contribution >= 0.6 is 0 Å². The minimum Gasteiger partial charge on any atom is -0.387 e. The Morgan fingerprint density at radius 1 is 1.00 bits per heavy atom. The largest absolute Gasteiger partial charge is 0.387 e. The molecule has 104 valence electrons. The highest BCUT2D eigenvalue weighted by molar-refractivity contribution is 5.48. The van der Waals surface area contributed by atoms with Crippen LogP contribution < -0.4 is 5.32 Å². The molecule has 2 rings (SSSR count). The summed E-state index contributed by atoms with van der Waals surface area (Å²) < 4.78 is 0. The highest BCUT2D eigenvalue weighted by Crippen LogP contribution is 2.15. The molecular weight excluding hydrogens is 246 g/mol. The molecule has 0 fully saturated rings. The van der Waals surface area contributed by atoms with E-state index in [1.165, 1.54) is 5.56 Å². The van der Waals surface area contributed by atoms with Gasteiger partial charge in [-0.25, -0.2) is 0 Å². The van der Waals surface area contributed by atoms with Gasteiger partial charge >= 0.3 is 0 Å². The van der Waals surface area contributed by atoms with E-state index in [1.54, 1.807) is 0 Å². The Hall–Kier alpha value is -1.90. The molecular formula is C18H21NO. The zero-order valence-corrected chi connectivity index (χ0v) is 11.7. The quantitative estimate of drug-likeness (QED) is 0.840. The van der Waals surface area contributed by atoms with Gasteiger partial charge in [0, 0.05) is 12.6 Å². The van der Waals surface area contributed by atoms with Gasteiger partial charge < -0.3 is 10.4 Å². The zero-order valence-electron chi connectivity index (χ0n) is 11.7. The molecule has 0 spiro atoms. The van der Waals surface area contributed by atoms with Gasteiger partial charge in [-0.1, -0.05) is 72.8 Å². The first-order chi connectivity index (χ1) is 9.77. The summed E-state index contributed by atoms with van der Waals surface area (Å²) in [5.74, 6) is 0. The lowest BCUT2D eigenvalue weighted by molar-refractivity contribution is 0.138. The van der Waals surface area contributed by atoms with Crippen LogP contribution in [-0.2, 0) is 0 Å². The first-order valence-corrected chi connectivity index (χ1v) is 6.95. The van der Waals surface area contributed by atoms with Gasteiger partial charge in [0.2, 0.25) is 0 Å². The van der Waals surface area contributed by atoms with Crippen molar-refractivity contribution < 1.29 is 5.11 Å². The van der Waals surface area contributed by atoms with Crippen LogP contribution in [0.25, 0.3) is 6.08 Å². The average Bonchev–Trinajstić information content (AvgIpc) is 2.52. The fraction of sp³-hybridized carbons (Fsp3) is 0.222. The normalized spacial score (nSPS) is 14.3. The molecule has 2 aromatic carbocycles. The Labute approximate surface area is 120 Å². The Kier molecular flexibility index (Phi) is 5.54. The molecule has 2 heteroatoms. The second-order valence-corrected chi connectivity index (χ2v) is 4.87. The van der Waals surface area contributed by atoms with Crippen LogP contribution in [0.1, 0.15) is 24.2 Å². The van der Waals surface area contributed by atoms with Crippen LogP contribution in [0.2, 0.25) is 0 Å². The lowest BCUT2D eigenvalue weighted by Gasteiger charge is -2.19. The molecule has 0 bridgehead atoms. The maximum absolute atomic E-state index is 10.2. The van der Waals surface area contributed by atoms with E-state index in [0.29, 0.717) is 0 Å². The molecule has 2 nitrogen and oxygen atoms in total. The van der Waals surface area contributed by atoms with Crippen molar-refractivity contribution in [3.8, 4) is 0 Å². The predicted octanol–water partition coefficient (Wildman–Crippen LogP) is 3.41. The van der Waals surface area contributed by atoms with Crippen molar-refractivity contribution in [2.24, 2.45) is 0 Å². The second-order valence-electron chi connectivity index (χ2n) is 4.87. The van der Waals surface area contributed by atoms with Crippen molar-refractivity contribution in [1.29, 1.82) is 0 Å². The van der Waals surface area contributed by atoms with Crippen LogP contribution in [0, 0.1) is 0 Å². The molecule has 0 aliphatic carbocycles. The summed E-state index contributed by atoms with van der Waals surface area (Å²) in [4.78, 5) is 0. The summed E-state index contributed by atoms with van der Waals surface area (Å²) in [6.45, 7) is 2.73. The first kappa shape index (κ1) is 14.5. The molecule has 0 aliphatic heterocycles. The Morgan fingerprint density at radius 3 is 2.25 bits per heavy atom. The summed E-state index contributed by atoms with van der Waals surface area (Å²) >= 11 is 0. The van der Waals surface area contributed by atoms with Gasteiger partial charge in [-0.15, -0.1) is 0 Å². The number of hydrogen-bond donors (Lipinski definition) is 2. The van der Waals surface area contributed by atoms with E-state index in [2.05, 4.69) is 29.6 Å². The number of aliphatic hydroxyl groups is 1. The highest BCUT2D eigenvalue weighted by atomic mass is 16.3. The van der Waals surface area contributed by atoms with E-state index in [1.807, 2.05) is 55.5 Å². The lowest BCUT2D eigenvalue weighted by Crippen LogP contribution is -2.32. The molecule has 0 aliphatic rings. The van der Waals surface area contributed by atoms with Gasteiger partial charge in [-0.05, 0) is 18.1 Å². The topological polar surface area (TPSA) is 32.3 Å². The SMILES string of the molecule is C[C@@H](NC/C=C/c1ccccc1)[C@@H](O)c1ccccc1. The minimum atomic E-state index is -0.485. The van der Waals surface area contributed by atoms with Crippen LogP contribution in [0.15, 0.2) is 66.7 Å². The molecule has 0 amide bonds. The Balaban J connectivity index is 1.81. The van der Waals surface area contributed by atoms with E-state index in [0.717, 1.165) is 12.1 Å². The molecule has 2 aromatic rings. The van der Waals surface area contributed by atoms with E-state index in [4.69, 9.17) is 0 Å². The van der Waals surface area contributed by atoms with Crippen LogP contribution in [0.3, 0.4) is 0 Å². The number of aliphatic hydroxyl groups excluding tert-OH is 1. The van der Waals surface area contributed by atoms with Crippen molar-refractivity contribution in [3.63, 3.8) is 0 Å². The molecule has 2 atom stereocenters. The Bertz CT molecular complexity index is 522. The summed E-state index contributed by atoms with van der Waals surface area (Å²) in [6.07, 6.45) is 3.67. The van der Waals surface area contributed by atoms with Gasteiger partial charge in [-0.2, -0.15) is 0 Å². The fourth-order valence-corrected chi connectivity index (χ4v) is 2.06. The molecule has 2 N–H and O–H groups in total. The van der Waals surface area contributed by atoms with Crippen molar-refractivity contribution in [1.82, 2.24) is 5.32 Å². The monoisotopic (exact) mass is 267 g/mol. The molecule has 0 aromatic heterocycles. The van der Waals surface area contributed by atoms with Gasteiger partial charge in [0.1, 0.15) is 0 Å². The predicted molar refractivity (Wildman–Crippen MR) is 84.3 cm³/mol. The number of benzene rings is 2. The van der Waals surface area contributed by atoms with Gasteiger partial charge in [0.05, 0.1) is 6.10 Å². The highest BCUT2D eigenvalue weighted by Gasteiger charge is 2.14. The third-order valence-corrected chi connectivity index (χ3v) is 3.28. The average molecular weight is 267 g/mol. The molecule has 0 saturated carbocycles. The van der Waals surface area contributed by atoms with E-state index >= 15 is 0 Å².